The van der Waals surface area contributed by atoms with Crippen molar-refractivity contribution in [1.29, 1.82) is 0 Å². The summed E-state index contributed by atoms with van der Waals surface area (Å²) in [4.78, 5) is 27.1. The van der Waals surface area contributed by atoms with Crippen LogP contribution in [0.2, 0.25) is 0 Å². The number of nitrogens with one attached hydrogen (secondary N) is 1. The highest BCUT2D eigenvalue weighted by Crippen LogP contribution is 2.19. The van der Waals surface area contributed by atoms with Gasteiger partial charge >= 0.3 is 0 Å². The van der Waals surface area contributed by atoms with Gasteiger partial charge in [0.05, 0.1) is 0 Å². The van der Waals surface area contributed by atoms with E-state index in [2.05, 4.69) is 5.32 Å². The van der Waals surface area contributed by atoms with Gasteiger partial charge < -0.3 is 15.0 Å². The largest absolute Gasteiger partial charge is 0.484 e. The van der Waals surface area contributed by atoms with Gasteiger partial charge in [0.2, 0.25) is 5.91 Å². The third-order valence-corrected chi connectivity index (χ3v) is 5.59. The number of hydrogen-bond acceptors (Lipinski definition) is 3. The van der Waals surface area contributed by atoms with Gasteiger partial charge in [-0.3, -0.25) is 9.59 Å². The Bertz CT molecular complexity index is 883. The number of carbonyl (C=O) groups excluding carboxylic acids is 2. The molecule has 0 aromatic heterocycles. The van der Waals surface area contributed by atoms with Gasteiger partial charge in [0, 0.05) is 18.2 Å². The predicted molar refractivity (Wildman–Crippen MR) is 113 cm³/mol. The summed E-state index contributed by atoms with van der Waals surface area (Å²) in [6.07, 6.45) is 5.16. The van der Waals surface area contributed by atoms with Crippen molar-refractivity contribution in [2.24, 2.45) is 0 Å². The molecule has 2 aromatic rings. The minimum absolute atomic E-state index is 0.0580. The van der Waals surface area contributed by atoms with Gasteiger partial charge in [-0.15, -0.1) is 0 Å². The molecule has 1 aliphatic rings. The third kappa shape index (κ3) is 6.51. The Morgan fingerprint density at radius 3 is 2.42 bits per heavy atom. The first-order valence-electron chi connectivity index (χ1n) is 10.7. The van der Waals surface area contributed by atoms with Crippen LogP contribution in [-0.4, -0.2) is 35.4 Å². The molecule has 1 atom stereocenters. The monoisotopic (exact) mass is 430 g/mol. The van der Waals surface area contributed by atoms with Gasteiger partial charge in [0.15, 0.2) is 6.61 Å². The van der Waals surface area contributed by atoms with E-state index in [-0.39, 0.29) is 25.1 Å². The molecule has 0 bridgehead atoms. The second kappa shape index (κ2) is 10.9. The fraction of sp³-hybridized carbons (Fsp3) is 0.417. The number of amides is 2. The number of hydrogen-bond donors (Lipinski definition) is 1. The third-order valence-electron chi connectivity index (χ3n) is 5.59. The van der Waals surface area contributed by atoms with Gasteiger partial charge in [-0.25, -0.2) is 8.78 Å². The molecule has 0 radical (unpaired) electrons. The Labute approximate surface area is 181 Å². The highest BCUT2D eigenvalue weighted by Gasteiger charge is 2.29. The first-order chi connectivity index (χ1) is 14.9. The molecule has 0 unspecified atom stereocenters. The van der Waals surface area contributed by atoms with Crippen LogP contribution in [-0.2, 0) is 16.1 Å². The Hall–Kier alpha value is -2.96. The Morgan fingerprint density at radius 2 is 1.74 bits per heavy atom. The number of halogens is 2. The lowest BCUT2D eigenvalue weighted by Gasteiger charge is -2.31. The minimum Gasteiger partial charge on any atom is -0.484 e. The predicted octanol–water partition coefficient (Wildman–Crippen LogP) is 4.21. The average Bonchev–Trinajstić information content (AvgIpc) is 2.78. The lowest BCUT2D eigenvalue weighted by molar-refractivity contribution is -0.142. The molecule has 0 spiro atoms. The van der Waals surface area contributed by atoms with E-state index >= 15 is 0 Å². The Morgan fingerprint density at radius 1 is 1.06 bits per heavy atom. The summed E-state index contributed by atoms with van der Waals surface area (Å²) in [6, 6.07) is 10.8. The highest BCUT2D eigenvalue weighted by atomic mass is 19.1. The van der Waals surface area contributed by atoms with Gasteiger partial charge in [0.1, 0.15) is 23.4 Å². The molecule has 2 aromatic carbocycles. The average molecular weight is 430 g/mol. The second-order valence-corrected chi connectivity index (χ2v) is 7.88. The van der Waals surface area contributed by atoms with E-state index < -0.39 is 23.6 Å². The summed E-state index contributed by atoms with van der Waals surface area (Å²) in [5, 5.41) is 3.03. The zero-order valence-electron chi connectivity index (χ0n) is 17.7. The SMILES string of the molecule is C[C@H](C(=O)NC1CCCCC1)N(Cc1ccccc1F)C(=O)COc1ccc(F)cc1. The molecule has 1 N–H and O–H groups in total. The van der Waals surface area contributed by atoms with Crippen molar-refractivity contribution >= 4 is 11.8 Å². The minimum atomic E-state index is -0.800. The van der Waals surface area contributed by atoms with Crippen LogP contribution < -0.4 is 10.1 Å². The van der Waals surface area contributed by atoms with Crippen molar-refractivity contribution in [3.05, 3.63) is 65.7 Å². The van der Waals surface area contributed by atoms with Crippen LogP contribution in [0.1, 0.15) is 44.6 Å². The maximum Gasteiger partial charge on any atom is 0.261 e. The molecule has 166 valence electrons. The zero-order chi connectivity index (χ0) is 22.2. The fourth-order valence-electron chi connectivity index (χ4n) is 3.72. The standard InChI is InChI=1S/C24H28F2N2O3/c1-17(24(30)27-20-8-3-2-4-9-20)28(15-18-7-5-6-10-22(18)26)23(29)16-31-21-13-11-19(25)12-14-21/h5-7,10-14,17,20H,2-4,8-9,15-16H2,1H3,(H,27,30)/t17-/m1/s1. The molecule has 0 heterocycles. The summed E-state index contributed by atoms with van der Waals surface area (Å²) in [7, 11) is 0. The first kappa shape index (κ1) is 22.7. The van der Waals surface area contributed by atoms with Crippen molar-refractivity contribution < 1.29 is 23.1 Å². The number of nitrogens with zero attached hydrogens (tertiary/aromatic N) is 1. The van der Waals surface area contributed by atoms with E-state index in [1.807, 2.05) is 0 Å². The molecular formula is C24H28F2N2O3. The number of ether oxygens (including phenoxy) is 1. The second-order valence-electron chi connectivity index (χ2n) is 7.88. The summed E-state index contributed by atoms with van der Waals surface area (Å²) in [6.45, 7) is 1.23. The van der Waals surface area contributed by atoms with Crippen LogP contribution in [0.25, 0.3) is 0 Å². The van der Waals surface area contributed by atoms with Gasteiger partial charge in [-0.2, -0.15) is 0 Å². The first-order valence-corrected chi connectivity index (χ1v) is 10.7. The lowest BCUT2D eigenvalue weighted by atomic mass is 9.95. The number of benzene rings is 2. The van der Waals surface area contributed by atoms with E-state index in [1.165, 1.54) is 41.7 Å². The zero-order valence-corrected chi connectivity index (χ0v) is 17.7. The molecule has 1 aliphatic carbocycles. The van der Waals surface area contributed by atoms with Gasteiger partial charge in [0.25, 0.3) is 5.91 Å². The van der Waals surface area contributed by atoms with E-state index in [1.54, 1.807) is 25.1 Å². The molecule has 0 aliphatic heterocycles. The summed E-state index contributed by atoms with van der Waals surface area (Å²) >= 11 is 0. The molecule has 31 heavy (non-hydrogen) atoms. The maximum atomic E-state index is 14.2. The number of rotatable bonds is 8. The lowest BCUT2D eigenvalue weighted by Crippen LogP contribution is -2.51. The van der Waals surface area contributed by atoms with Crippen LogP contribution in [0.3, 0.4) is 0 Å². The van der Waals surface area contributed by atoms with Crippen LogP contribution in [0.15, 0.2) is 48.5 Å². The molecule has 1 saturated carbocycles. The molecule has 5 nitrogen and oxygen atoms in total. The van der Waals surface area contributed by atoms with Crippen molar-refractivity contribution in [3.8, 4) is 5.75 Å². The Balaban J connectivity index is 1.71. The topological polar surface area (TPSA) is 58.6 Å². The van der Waals surface area contributed by atoms with E-state index in [9.17, 15) is 18.4 Å². The van der Waals surface area contributed by atoms with Crippen LogP contribution in [0.5, 0.6) is 5.75 Å². The van der Waals surface area contributed by atoms with E-state index in [4.69, 9.17) is 4.74 Å². The van der Waals surface area contributed by atoms with Crippen molar-refractivity contribution in [2.75, 3.05) is 6.61 Å². The van der Waals surface area contributed by atoms with Crippen molar-refractivity contribution in [2.45, 2.75) is 57.7 Å². The summed E-state index contributed by atoms with van der Waals surface area (Å²) in [5.41, 5.74) is 0.315. The quantitative estimate of drug-likeness (QED) is 0.683. The Kier molecular flexibility index (Phi) is 7.98. The number of carbonyl (C=O) groups is 2. The molecular weight excluding hydrogens is 402 g/mol. The van der Waals surface area contributed by atoms with Gasteiger partial charge in [-0.05, 0) is 50.1 Å². The van der Waals surface area contributed by atoms with E-state index in [0.717, 1.165) is 25.7 Å². The highest BCUT2D eigenvalue weighted by molar-refractivity contribution is 5.88. The smallest absolute Gasteiger partial charge is 0.261 e. The van der Waals surface area contributed by atoms with E-state index in [0.29, 0.717) is 11.3 Å². The molecule has 0 saturated heterocycles. The van der Waals surface area contributed by atoms with Crippen LogP contribution in [0.4, 0.5) is 8.78 Å². The molecule has 1 fully saturated rings. The van der Waals surface area contributed by atoms with Crippen LogP contribution in [0, 0.1) is 11.6 Å². The van der Waals surface area contributed by atoms with Crippen LogP contribution >= 0.6 is 0 Å². The van der Waals surface area contributed by atoms with Gasteiger partial charge in [-0.1, -0.05) is 37.5 Å². The van der Waals surface area contributed by atoms with Crippen molar-refractivity contribution in [1.82, 2.24) is 10.2 Å². The normalized spacial score (nSPS) is 15.2. The molecule has 3 rings (SSSR count). The maximum absolute atomic E-state index is 14.2. The van der Waals surface area contributed by atoms with Crippen molar-refractivity contribution in [3.63, 3.8) is 0 Å². The molecule has 2 amide bonds. The summed E-state index contributed by atoms with van der Waals surface area (Å²) < 4.78 is 32.8. The summed E-state index contributed by atoms with van der Waals surface area (Å²) in [5.74, 6) is -1.25. The molecule has 7 heteroatoms. The fourth-order valence-corrected chi connectivity index (χ4v) is 3.72.